The first-order valence-electron chi connectivity index (χ1n) is 20.2. The summed E-state index contributed by atoms with van der Waals surface area (Å²) < 4.78 is 21.4. The fourth-order valence-electron chi connectivity index (χ4n) is 9.55. The van der Waals surface area contributed by atoms with E-state index in [1.54, 1.807) is 7.11 Å². The molecule has 4 aliphatic rings. The number of nitrogens with one attached hydrogen (secondary N) is 2. The fraction of sp³-hybridized carbons (Fsp3) is 0.413. The smallest absolute Gasteiger partial charge is 0.290 e. The highest BCUT2D eigenvalue weighted by Gasteiger charge is 2.35. The molecule has 3 heterocycles. The van der Waals surface area contributed by atoms with E-state index in [0.717, 1.165) is 82.6 Å². The molecule has 0 bridgehead atoms. The summed E-state index contributed by atoms with van der Waals surface area (Å²) in [5.74, 6) is 1.65. The molecule has 1 aliphatic carbocycles. The molecule has 0 aromatic heterocycles. The maximum Gasteiger partial charge on any atom is 0.290 e. The topological polar surface area (TPSA) is 131 Å². The largest absolute Gasteiger partial charge is 0.508 e. The van der Waals surface area contributed by atoms with Gasteiger partial charge in [-0.25, -0.2) is 4.39 Å². The molecule has 3 aliphatic heterocycles. The highest BCUT2D eigenvalue weighted by atomic mass is 19.1. The third-order valence-electron chi connectivity index (χ3n) is 12.5. The van der Waals surface area contributed by atoms with Gasteiger partial charge in [-0.1, -0.05) is 48.5 Å². The summed E-state index contributed by atoms with van der Waals surface area (Å²) >= 11 is 0. The lowest BCUT2D eigenvalue weighted by atomic mass is 9.69. The minimum absolute atomic E-state index is 0.133. The van der Waals surface area contributed by atoms with Crippen molar-refractivity contribution in [2.45, 2.75) is 75.2 Å². The Morgan fingerprint density at radius 2 is 1.56 bits per heavy atom. The summed E-state index contributed by atoms with van der Waals surface area (Å²) in [5, 5.41) is 22.6. The van der Waals surface area contributed by atoms with Gasteiger partial charge in [0.05, 0.1) is 7.11 Å². The third kappa shape index (κ3) is 9.25. The zero-order valence-electron chi connectivity index (χ0n) is 32.5. The summed E-state index contributed by atoms with van der Waals surface area (Å²) in [4.78, 5) is 37.0. The Hall–Kier alpha value is -5.42. The van der Waals surface area contributed by atoms with E-state index in [1.807, 2.05) is 24.3 Å². The number of imide groups is 1. The minimum Gasteiger partial charge on any atom is -0.508 e. The lowest BCUT2D eigenvalue weighted by molar-refractivity contribution is -0.133. The van der Waals surface area contributed by atoms with Gasteiger partial charge < -0.3 is 30.1 Å². The number of fused-ring (bicyclic) bond motifs is 1. The van der Waals surface area contributed by atoms with Gasteiger partial charge in [-0.05, 0) is 128 Å². The number of aromatic hydroxyl groups is 1. The first-order valence-corrected chi connectivity index (χ1v) is 20.2. The molecule has 3 atom stereocenters. The number of phenolic OH excluding ortho intramolecular Hbond substituents is 1. The molecule has 3 fully saturated rings. The van der Waals surface area contributed by atoms with E-state index in [1.165, 1.54) is 34.0 Å². The van der Waals surface area contributed by atoms with E-state index >= 15 is 4.39 Å². The van der Waals surface area contributed by atoms with Crippen molar-refractivity contribution in [2.24, 2.45) is 5.92 Å². The molecule has 4 N–H and O–H groups in total. The van der Waals surface area contributed by atoms with Crippen molar-refractivity contribution < 1.29 is 33.7 Å². The average Bonchev–Trinajstić information content (AvgIpc) is 3.22. The molecule has 4 aromatic carbocycles. The normalized spacial score (nSPS) is 21.8. The Morgan fingerprint density at radius 1 is 0.842 bits per heavy atom. The van der Waals surface area contributed by atoms with Crippen LogP contribution in [0.15, 0.2) is 84.9 Å². The van der Waals surface area contributed by atoms with Crippen LogP contribution < -0.4 is 20.3 Å². The number of ether oxygens (including phenoxy) is 1. The number of amides is 2. The molecule has 3 saturated heterocycles. The SMILES string of the molecule is COc1cc(N2CCC(CN3CCC(c4ccc(N[C@@H]5CCC(=O)NC5=O)cc4F)CC3)CC2)ccc1[C@H]1c2ccc(O)cc2CC[C@H]1c1ccccc1.O=CO. The van der Waals surface area contributed by atoms with Crippen molar-refractivity contribution in [3.63, 3.8) is 0 Å². The number of halogens is 1. The number of benzene rings is 4. The summed E-state index contributed by atoms with van der Waals surface area (Å²) in [5.41, 5.74) is 7.53. The predicted octanol–water partition coefficient (Wildman–Crippen LogP) is 7.42. The average molecular weight is 777 g/mol. The van der Waals surface area contributed by atoms with Gasteiger partial charge in [0.15, 0.2) is 0 Å². The molecule has 8 rings (SSSR count). The van der Waals surface area contributed by atoms with Crippen molar-refractivity contribution in [2.75, 3.05) is 50.1 Å². The van der Waals surface area contributed by atoms with Crippen molar-refractivity contribution in [1.29, 1.82) is 0 Å². The molecule has 0 unspecified atom stereocenters. The number of phenols is 1. The number of hydrogen-bond acceptors (Lipinski definition) is 8. The Morgan fingerprint density at radius 3 is 2.26 bits per heavy atom. The number of hydrogen-bond donors (Lipinski definition) is 4. The Kier molecular flexibility index (Phi) is 12.7. The van der Waals surface area contributed by atoms with E-state index < -0.39 is 6.04 Å². The molecule has 4 aromatic rings. The first-order chi connectivity index (χ1) is 27.7. The number of rotatable bonds is 9. The molecule has 0 radical (unpaired) electrons. The Balaban J connectivity index is 0.00000160. The summed E-state index contributed by atoms with van der Waals surface area (Å²) in [6.45, 7) is 4.77. The Labute approximate surface area is 334 Å². The molecule has 0 saturated carbocycles. The lowest BCUT2D eigenvalue weighted by Gasteiger charge is -2.39. The zero-order chi connectivity index (χ0) is 39.9. The highest BCUT2D eigenvalue weighted by Crippen LogP contribution is 2.50. The first kappa shape index (κ1) is 39.8. The van der Waals surface area contributed by atoms with Crippen molar-refractivity contribution in [1.82, 2.24) is 10.2 Å². The maximum absolute atomic E-state index is 15.3. The molecule has 0 spiro atoms. The van der Waals surface area contributed by atoms with Crippen LogP contribution in [0, 0.1) is 11.7 Å². The fourth-order valence-corrected chi connectivity index (χ4v) is 9.55. The van der Waals surface area contributed by atoms with Gasteiger partial charge in [0.2, 0.25) is 11.8 Å². The summed E-state index contributed by atoms with van der Waals surface area (Å²) in [6, 6.07) is 28.1. The third-order valence-corrected chi connectivity index (χ3v) is 12.5. The monoisotopic (exact) mass is 776 g/mol. The van der Waals surface area contributed by atoms with E-state index in [-0.39, 0.29) is 42.4 Å². The van der Waals surface area contributed by atoms with Crippen molar-refractivity contribution in [3.8, 4) is 11.5 Å². The number of carbonyl (C=O) groups excluding carboxylic acids is 2. The van der Waals surface area contributed by atoms with Gasteiger partial charge in [-0.3, -0.25) is 19.7 Å². The van der Waals surface area contributed by atoms with Gasteiger partial charge >= 0.3 is 0 Å². The zero-order valence-corrected chi connectivity index (χ0v) is 32.5. The van der Waals surface area contributed by atoms with Crippen LogP contribution in [0.2, 0.25) is 0 Å². The van der Waals surface area contributed by atoms with Crippen LogP contribution in [0.5, 0.6) is 11.5 Å². The molecule has 2 amide bonds. The predicted molar refractivity (Wildman–Crippen MR) is 219 cm³/mol. The van der Waals surface area contributed by atoms with Crippen LogP contribution in [-0.2, 0) is 20.8 Å². The van der Waals surface area contributed by atoms with Crippen LogP contribution in [0.1, 0.15) is 90.5 Å². The standard InChI is InChI=1S/C45H51FN4O4.CH2O2/c1-54-42-27-34(9-13-39(42)44-37(30-5-3-2-4-6-30)11-7-32-25-35(51)10-14-38(32)44)50-23-17-29(18-24-50)28-49-21-19-31(20-22-49)36-12-8-33(26-40(36)46)47-41-15-16-43(52)48-45(41)53;2-1-3/h2-6,8-10,12-14,25-27,29,31,37,41,44,47,51H,7,11,15-24,28H2,1H3,(H,48,52,53);1H,(H,2,3)/t37-,41+,44+;/m0./s1. The van der Waals surface area contributed by atoms with Crippen LogP contribution in [0.25, 0.3) is 0 Å². The summed E-state index contributed by atoms with van der Waals surface area (Å²) in [6.07, 6.45) is 6.77. The van der Waals surface area contributed by atoms with Gasteiger partial charge in [-0.15, -0.1) is 0 Å². The second-order valence-corrected chi connectivity index (χ2v) is 15.8. The van der Waals surface area contributed by atoms with Crippen LogP contribution in [-0.4, -0.2) is 79.3 Å². The van der Waals surface area contributed by atoms with Crippen LogP contribution in [0.3, 0.4) is 0 Å². The second kappa shape index (κ2) is 18.2. The summed E-state index contributed by atoms with van der Waals surface area (Å²) in [7, 11) is 1.78. The number of anilines is 2. The number of aryl methyl sites for hydroxylation is 1. The van der Waals surface area contributed by atoms with Gasteiger partial charge in [0.1, 0.15) is 23.4 Å². The number of piperidine rings is 3. The number of nitrogens with zero attached hydrogens (tertiary/aromatic N) is 2. The molecular weight excluding hydrogens is 724 g/mol. The van der Waals surface area contributed by atoms with Crippen molar-refractivity contribution in [3.05, 3.63) is 119 Å². The van der Waals surface area contributed by atoms with Crippen LogP contribution in [0.4, 0.5) is 15.8 Å². The van der Waals surface area contributed by atoms with Gasteiger partial charge in [0.25, 0.3) is 6.47 Å². The molecular formula is C46H53FN4O6. The molecule has 57 heavy (non-hydrogen) atoms. The van der Waals surface area contributed by atoms with E-state index in [9.17, 15) is 14.7 Å². The number of carboxylic acid groups (broad SMARTS) is 1. The quantitative estimate of drug-likeness (QED) is 0.101. The highest BCUT2D eigenvalue weighted by molar-refractivity contribution is 6.01. The van der Waals surface area contributed by atoms with E-state index in [0.29, 0.717) is 29.7 Å². The molecule has 11 heteroatoms. The van der Waals surface area contributed by atoms with Gasteiger partial charge in [-0.2, -0.15) is 0 Å². The van der Waals surface area contributed by atoms with Crippen molar-refractivity contribution >= 4 is 29.7 Å². The molecule has 10 nitrogen and oxygen atoms in total. The number of methoxy groups -OCH3 is 1. The minimum atomic E-state index is -0.526. The maximum atomic E-state index is 15.3. The van der Waals surface area contributed by atoms with E-state index in [4.69, 9.17) is 14.6 Å². The number of likely N-dealkylation sites (tertiary alicyclic amines) is 1. The number of carbonyl (C=O) groups is 3. The second-order valence-electron chi connectivity index (χ2n) is 15.8. The molecule has 300 valence electrons. The van der Waals surface area contributed by atoms with Crippen LogP contribution >= 0.6 is 0 Å². The Bertz CT molecular complexity index is 2030. The van der Waals surface area contributed by atoms with E-state index in [2.05, 4.69) is 75.0 Å². The van der Waals surface area contributed by atoms with Gasteiger partial charge in [0, 0.05) is 55.0 Å². The lowest BCUT2D eigenvalue weighted by Crippen LogP contribution is -2.47.